The number of ketones is 1. The molecule has 0 saturated heterocycles. The molecule has 0 atom stereocenters. The number of alkyl halides is 3. The first-order valence-corrected chi connectivity index (χ1v) is 21.9. The zero-order valence-electron chi connectivity index (χ0n) is 37.2. The summed E-state index contributed by atoms with van der Waals surface area (Å²) < 4.78 is 42.8. The summed E-state index contributed by atoms with van der Waals surface area (Å²) in [6.07, 6.45) is 3.51. The normalized spacial score (nSPS) is 15.6. The molecule has 59 heavy (non-hydrogen) atoms. The van der Waals surface area contributed by atoms with Crippen LogP contribution in [0.4, 0.5) is 13.2 Å². The largest absolute Gasteiger partial charge is 0.512 e. The van der Waals surface area contributed by atoms with Crippen molar-refractivity contribution in [3.8, 4) is 11.3 Å². The average Bonchev–Trinajstić information content (AvgIpc) is 3.48. The summed E-state index contributed by atoms with van der Waals surface area (Å²) in [5.41, 5.74) is 4.11. The van der Waals surface area contributed by atoms with Gasteiger partial charge in [-0.3, -0.25) is 9.78 Å². The van der Waals surface area contributed by atoms with Gasteiger partial charge in [-0.25, -0.2) is 4.98 Å². The number of aliphatic hydroxyl groups is 1. The Kier molecular flexibility index (Phi) is 15.5. The van der Waals surface area contributed by atoms with Gasteiger partial charge >= 0.3 is 6.18 Å². The predicted molar refractivity (Wildman–Crippen MR) is 237 cm³/mol. The first kappa shape index (κ1) is 48.5. The van der Waals surface area contributed by atoms with Crippen molar-refractivity contribution in [2.45, 2.75) is 133 Å². The van der Waals surface area contributed by atoms with E-state index in [4.69, 9.17) is 0 Å². The third-order valence-electron chi connectivity index (χ3n) is 12.2. The van der Waals surface area contributed by atoms with Crippen molar-refractivity contribution in [3.63, 3.8) is 0 Å². The standard InChI is InChI=1S/C33H32F3N2S.C17H32O2.Ir/c1-31(2,3)26-16-22(14-21-15-23(33(34,35)36)7-9-24(21)26)28-30-29(38-18-37-28)25-8-6-20(17-27(25)39-30)19-10-12-32(4,5)13-11-19;1-10(2)16(11(3)4)14(18)9-15(19)17(12(5)6)13(7)8;/h6-9,15-19H,10-13H2,1-5H3;9-13,16-18H,1-8H3;/q-1;;/b;14-9-;. The first-order chi connectivity index (χ1) is 26.9. The topological polar surface area (TPSA) is 63.1 Å². The summed E-state index contributed by atoms with van der Waals surface area (Å²) in [6, 6.07) is 16.0. The van der Waals surface area contributed by atoms with Crippen LogP contribution < -0.4 is 0 Å². The molecule has 3 aromatic carbocycles. The van der Waals surface area contributed by atoms with Gasteiger partial charge in [0.15, 0.2) is 5.78 Å². The number of carbonyl (C=O) groups is 1. The first-order valence-electron chi connectivity index (χ1n) is 21.1. The van der Waals surface area contributed by atoms with E-state index in [-0.39, 0.29) is 48.9 Å². The van der Waals surface area contributed by atoms with Gasteiger partial charge < -0.3 is 5.11 Å². The van der Waals surface area contributed by atoms with Crippen molar-refractivity contribution in [2.75, 3.05) is 0 Å². The molecule has 1 aliphatic carbocycles. The molecule has 0 aliphatic heterocycles. The Morgan fingerprint density at radius 1 is 0.847 bits per heavy atom. The third-order valence-corrected chi connectivity index (χ3v) is 13.3. The number of halogens is 3. The van der Waals surface area contributed by atoms with E-state index in [0.717, 1.165) is 32.6 Å². The minimum Gasteiger partial charge on any atom is -0.512 e. The van der Waals surface area contributed by atoms with Crippen LogP contribution >= 0.6 is 11.3 Å². The maximum absolute atomic E-state index is 13.6. The molecule has 4 nitrogen and oxygen atoms in total. The fraction of sp³-hybridized carbons (Fsp3) is 0.540. The molecule has 0 bridgehead atoms. The average molecular weight is 1010 g/mol. The van der Waals surface area contributed by atoms with E-state index in [9.17, 15) is 23.1 Å². The smallest absolute Gasteiger partial charge is 0.409 e. The number of hydrogen-bond donors (Lipinski definition) is 1. The maximum atomic E-state index is 13.6. The summed E-state index contributed by atoms with van der Waals surface area (Å²) >= 11 is 1.66. The fourth-order valence-electron chi connectivity index (χ4n) is 9.20. The maximum Gasteiger partial charge on any atom is 0.409 e. The second-order valence-corrected chi connectivity index (χ2v) is 20.9. The molecular formula is C50H64F3IrN2O2S-. The third kappa shape index (κ3) is 11.2. The van der Waals surface area contributed by atoms with E-state index >= 15 is 0 Å². The van der Waals surface area contributed by atoms with Crippen LogP contribution in [-0.2, 0) is 36.5 Å². The molecule has 1 saturated carbocycles. The van der Waals surface area contributed by atoms with Gasteiger partial charge in [0, 0.05) is 64.1 Å². The second-order valence-electron chi connectivity index (χ2n) is 19.8. The van der Waals surface area contributed by atoms with Gasteiger partial charge in [-0.1, -0.05) is 125 Å². The van der Waals surface area contributed by atoms with Crippen LogP contribution in [0.15, 0.2) is 60.6 Å². The molecule has 9 heteroatoms. The molecule has 0 spiro atoms. The second kappa shape index (κ2) is 18.9. The Hall–Kier alpha value is -3.13. The van der Waals surface area contributed by atoms with Gasteiger partial charge in [-0.2, -0.15) is 13.2 Å². The van der Waals surface area contributed by atoms with Crippen molar-refractivity contribution in [1.29, 1.82) is 0 Å². The molecule has 2 heterocycles. The SMILES string of the molecule is CC(C)C(C(=O)/C=C(\O)C(C(C)C)C(C)C)C(C)C.CC1(C)CCC(c2ccc3c(c2)sc2c(-c4[c-]c5cc(C(F)(F)F)ccc5c(C(C)(C)C)c4)ncnc23)CC1.[Ir]. The molecule has 2 aromatic heterocycles. The minimum absolute atomic E-state index is 0. The van der Waals surface area contributed by atoms with E-state index in [0.29, 0.717) is 51.6 Å². The monoisotopic (exact) mass is 1010 g/mol. The molecule has 5 aromatic rings. The Morgan fingerprint density at radius 3 is 1.97 bits per heavy atom. The Labute approximate surface area is 368 Å². The number of thiophene rings is 1. The van der Waals surface area contributed by atoms with Crippen molar-refractivity contribution < 1.29 is 43.2 Å². The van der Waals surface area contributed by atoms with Crippen molar-refractivity contribution in [1.82, 2.24) is 9.97 Å². The molecule has 1 aliphatic rings. The Morgan fingerprint density at radius 2 is 1.42 bits per heavy atom. The molecule has 0 unspecified atom stereocenters. The minimum atomic E-state index is -4.42. The Bertz CT molecular complexity index is 2250. The van der Waals surface area contributed by atoms with Gasteiger partial charge in [0.1, 0.15) is 6.33 Å². The summed E-state index contributed by atoms with van der Waals surface area (Å²) in [5.74, 6) is 2.20. The number of rotatable bonds is 9. The zero-order valence-corrected chi connectivity index (χ0v) is 40.4. The van der Waals surface area contributed by atoms with Crippen LogP contribution in [0.1, 0.15) is 138 Å². The van der Waals surface area contributed by atoms with E-state index in [1.165, 1.54) is 48.1 Å². The van der Waals surface area contributed by atoms with Crippen LogP contribution in [0, 0.1) is 47.0 Å². The van der Waals surface area contributed by atoms with Gasteiger partial charge in [0.25, 0.3) is 0 Å². The van der Waals surface area contributed by atoms with Crippen molar-refractivity contribution in [3.05, 3.63) is 83.4 Å². The molecule has 323 valence electrons. The van der Waals surface area contributed by atoms with Crippen LogP contribution in [0.3, 0.4) is 0 Å². The summed E-state index contributed by atoms with van der Waals surface area (Å²) in [6.45, 7) is 27.5. The number of carbonyl (C=O) groups excluding carboxylic acids is 1. The number of allylic oxidation sites excluding steroid dienone is 2. The van der Waals surface area contributed by atoms with Crippen LogP contribution in [0.2, 0.25) is 0 Å². The quantitative estimate of drug-likeness (QED) is 0.0908. The summed E-state index contributed by atoms with van der Waals surface area (Å²) in [4.78, 5) is 21.6. The van der Waals surface area contributed by atoms with Crippen LogP contribution in [-0.4, -0.2) is 20.9 Å². The number of hydrogen-bond acceptors (Lipinski definition) is 5. The number of nitrogens with zero attached hydrogens (tertiary/aromatic N) is 2. The number of aliphatic hydroxyl groups excluding tert-OH is 1. The van der Waals surface area contributed by atoms with Gasteiger partial charge in [-0.15, -0.1) is 40.5 Å². The molecule has 6 rings (SSSR count). The molecular weight excluding hydrogens is 942 g/mol. The van der Waals surface area contributed by atoms with E-state index in [1.807, 2.05) is 6.07 Å². The number of benzene rings is 3. The van der Waals surface area contributed by atoms with Crippen LogP contribution in [0.5, 0.6) is 0 Å². The zero-order chi connectivity index (χ0) is 43.1. The van der Waals surface area contributed by atoms with E-state index in [1.54, 1.807) is 23.7 Å². The summed E-state index contributed by atoms with van der Waals surface area (Å²) in [7, 11) is 0. The molecule has 0 amide bonds. The van der Waals surface area contributed by atoms with E-state index in [2.05, 4.69) is 124 Å². The summed E-state index contributed by atoms with van der Waals surface area (Å²) in [5, 5.41) is 12.6. The number of fused-ring (bicyclic) bond motifs is 4. The predicted octanol–water partition coefficient (Wildman–Crippen LogP) is 15.3. The fourth-order valence-corrected chi connectivity index (χ4v) is 10.4. The van der Waals surface area contributed by atoms with Gasteiger partial charge in [0.2, 0.25) is 0 Å². The van der Waals surface area contributed by atoms with Crippen molar-refractivity contribution >= 4 is 48.2 Å². The molecule has 1 fully saturated rings. The Balaban J connectivity index is 0.000000329. The molecule has 1 radical (unpaired) electrons. The van der Waals surface area contributed by atoms with Gasteiger partial charge in [-0.05, 0) is 77.7 Å². The van der Waals surface area contributed by atoms with E-state index < -0.39 is 11.7 Å². The van der Waals surface area contributed by atoms with Gasteiger partial charge in [0.05, 0.1) is 11.3 Å². The van der Waals surface area contributed by atoms with Crippen molar-refractivity contribution in [2.24, 2.45) is 40.9 Å². The van der Waals surface area contributed by atoms with Crippen LogP contribution in [0.25, 0.3) is 42.3 Å². The molecule has 1 N–H and O–H groups in total. The number of aromatic nitrogens is 2.